The van der Waals surface area contributed by atoms with Gasteiger partial charge in [-0.3, -0.25) is 4.90 Å². The zero-order valence-corrected chi connectivity index (χ0v) is 12.4. The predicted molar refractivity (Wildman–Crippen MR) is 80.0 cm³/mol. The van der Waals surface area contributed by atoms with Crippen LogP contribution in [0.4, 0.5) is 5.69 Å². The van der Waals surface area contributed by atoms with Crippen LogP contribution in [0.2, 0.25) is 5.02 Å². The molecule has 1 aromatic rings. The Hall–Kier alpha value is -0.770. The van der Waals surface area contributed by atoms with Crippen molar-refractivity contribution in [2.24, 2.45) is 0 Å². The highest BCUT2D eigenvalue weighted by molar-refractivity contribution is 6.31. The first kappa shape index (κ1) is 15.3. The first-order chi connectivity index (χ1) is 8.52. The molecule has 0 aromatic heterocycles. The summed E-state index contributed by atoms with van der Waals surface area (Å²) in [5.41, 5.74) is 7.58. The van der Waals surface area contributed by atoms with Crippen LogP contribution in [0.5, 0.6) is 0 Å². The maximum absolute atomic E-state index is 6.22. The summed E-state index contributed by atoms with van der Waals surface area (Å²) in [5.74, 6) is 0. The highest BCUT2D eigenvalue weighted by Gasteiger charge is 2.08. The number of anilines is 1. The molecule has 0 bridgehead atoms. The van der Waals surface area contributed by atoms with Crippen LogP contribution >= 0.6 is 11.6 Å². The lowest BCUT2D eigenvalue weighted by Gasteiger charge is -2.24. The Morgan fingerprint density at radius 2 is 1.89 bits per heavy atom. The van der Waals surface area contributed by atoms with E-state index in [1.807, 2.05) is 18.2 Å². The quantitative estimate of drug-likeness (QED) is 0.773. The summed E-state index contributed by atoms with van der Waals surface area (Å²) >= 11 is 6.22. The number of benzene rings is 1. The Morgan fingerprint density at radius 1 is 1.17 bits per heavy atom. The fourth-order valence-corrected chi connectivity index (χ4v) is 2.11. The monoisotopic (exact) mass is 269 g/mol. The lowest BCUT2D eigenvalue weighted by atomic mass is 10.2. The molecule has 0 aliphatic heterocycles. The van der Waals surface area contributed by atoms with Gasteiger partial charge >= 0.3 is 0 Å². The molecule has 4 heteroatoms. The fourth-order valence-electron chi connectivity index (χ4n) is 1.86. The molecule has 3 nitrogen and oxygen atoms in total. The smallest absolute Gasteiger partial charge is 0.0471 e. The third-order valence-electron chi connectivity index (χ3n) is 2.87. The molecule has 0 aliphatic carbocycles. The number of likely N-dealkylation sites (N-methyl/N-ethyl adjacent to an activating group) is 1. The molecular weight excluding hydrogens is 246 g/mol. The minimum absolute atomic E-state index is 0.721. The first-order valence-electron chi connectivity index (χ1n) is 6.44. The fraction of sp³-hybridized carbons (Fsp3) is 0.571. The summed E-state index contributed by atoms with van der Waals surface area (Å²) in [4.78, 5) is 4.63. The summed E-state index contributed by atoms with van der Waals surface area (Å²) < 4.78 is 0. The summed E-state index contributed by atoms with van der Waals surface area (Å²) in [5, 5.41) is 0.765. The highest BCUT2D eigenvalue weighted by atomic mass is 35.5. The molecule has 0 heterocycles. The molecule has 102 valence electrons. The van der Waals surface area contributed by atoms with E-state index in [0.29, 0.717) is 0 Å². The second-order valence-electron chi connectivity index (χ2n) is 4.93. The lowest BCUT2D eigenvalue weighted by Crippen LogP contribution is -2.32. The van der Waals surface area contributed by atoms with E-state index < -0.39 is 0 Å². The van der Waals surface area contributed by atoms with E-state index in [4.69, 9.17) is 17.3 Å². The van der Waals surface area contributed by atoms with E-state index in [1.54, 1.807) is 0 Å². The second kappa shape index (κ2) is 7.62. The minimum atomic E-state index is 0.721. The van der Waals surface area contributed by atoms with Crippen molar-refractivity contribution in [3.63, 3.8) is 0 Å². The van der Waals surface area contributed by atoms with Crippen LogP contribution in [-0.2, 0) is 6.54 Å². The van der Waals surface area contributed by atoms with Crippen molar-refractivity contribution in [2.75, 3.05) is 39.5 Å². The molecule has 0 radical (unpaired) electrons. The standard InChI is InChI=1S/C14H24ClN3/c1-4-7-18(9-8-17(2)3)11-12-5-6-13(16)10-14(12)15/h5-6,10H,4,7-9,11,16H2,1-3H3. The summed E-state index contributed by atoms with van der Waals surface area (Å²) in [7, 11) is 4.20. The van der Waals surface area contributed by atoms with Crippen molar-refractivity contribution < 1.29 is 0 Å². The lowest BCUT2D eigenvalue weighted by molar-refractivity contribution is 0.234. The third-order valence-corrected chi connectivity index (χ3v) is 3.23. The first-order valence-corrected chi connectivity index (χ1v) is 6.81. The number of hydrogen-bond acceptors (Lipinski definition) is 3. The van der Waals surface area contributed by atoms with Crippen molar-refractivity contribution >= 4 is 17.3 Å². The third kappa shape index (κ3) is 5.25. The molecular formula is C14H24ClN3. The van der Waals surface area contributed by atoms with E-state index in [9.17, 15) is 0 Å². The maximum Gasteiger partial charge on any atom is 0.0471 e. The Labute approximate surface area is 116 Å². The zero-order chi connectivity index (χ0) is 13.5. The Bertz CT molecular complexity index is 366. The van der Waals surface area contributed by atoms with Crippen molar-refractivity contribution in [3.05, 3.63) is 28.8 Å². The SMILES string of the molecule is CCCN(CCN(C)C)Cc1ccc(N)cc1Cl. The van der Waals surface area contributed by atoms with Gasteiger partial charge in [-0.25, -0.2) is 0 Å². The topological polar surface area (TPSA) is 32.5 Å². The Kier molecular flexibility index (Phi) is 6.47. The van der Waals surface area contributed by atoms with Crippen LogP contribution < -0.4 is 5.73 Å². The van der Waals surface area contributed by atoms with Gasteiger partial charge in [0, 0.05) is 30.3 Å². The molecule has 18 heavy (non-hydrogen) atoms. The number of nitrogens with two attached hydrogens (primary N) is 1. The van der Waals surface area contributed by atoms with Gasteiger partial charge in [0.1, 0.15) is 0 Å². The molecule has 0 saturated heterocycles. The Morgan fingerprint density at radius 3 is 2.44 bits per heavy atom. The highest BCUT2D eigenvalue weighted by Crippen LogP contribution is 2.20. The number of halogens is 1. The van der Waals surface area contributed by atoms with E-state index in [0.717, 1.165) is 48.9 Å². The molecule has 0 saturated carbocycles. The van der Waals surface area contributed by atoms with Crippen LogP contribution in [0.1, 0.15) is 18.9 Å². The van der Waals surface area contributed by atoms with E-state index in [-0.39, 0.29) is 0 Å². The normalized spacial score (nSPS) is 11.4. The van der Waals surface area contributed by atoms with Crippen molar-refractivity contribution in [2.45, 2.75) is 19.9 Å². The zero-order valence-electron chi connectivity index (χ0n) is 11.6. The summed E-state index contributed by atoms with van der Waals surface area (Å²) in [6.07, 6.45) is 1.15. The van der Waals surface area contributed by atoms with Gasteiger partial charge in [-0.15, -0.1) is 0 Å². The average molecular weight is 270 g/mol. The summed E-state index contributed by atoms with van der Waals surface area (Å²) in [6.45, 7) is 6.30. The van der Waals surface area contributed by atoms with E-state index in [1.165, 1.54) is 0 Å². The van der Waals surface area contributed by atoms with Gasteiger partial charge in [-0.1, -0.05) is 24.6 Å². The average Bonchev–Trinajstić information content (AvgIpc) is 2.29. The van der Waals surface area contributed by atoms with Crippen LogP contribution in [0.15, 0.2) is 18.2 Å². The van der Waals surface area contributed by atoms with Gasteiger partial charge in [-0.2, -0.15) is 0 Å². The minimum Gasteiger partial charge on any atom is -0.399 e. The molecule has 0 amide bonds. The van der Waals surface area contributed by atoms with Gasteiger partial charge in [-0.05, 0) is 44.8 Å². The van der Waals surface area contributed by atoms with Crippen LogP contribution in [0.3, 0.4) is 0 Å². The van der Waals surface area contributed by atoms with Crippen LogP contribution in [0, 0.1) is 0 Å². The molecule has 0 atom stereocenters. The van der Waals surface area contributed by atoms with Gasteiger partial charge in [0.15, 0.2) is 0 Å². The van der Waals surface area contributed by atoms with Gasteiger partial charge in [0.2, 0.25) is 0 Å². The van der Waals surface area contributed by atoms with Crippen molar-refractivity contribution in [3.8, 4) is 0 Å². The second-order valence-corrected chi connectivity index (χ2v) is 5.34. The molecule has 0 aliphatic rings. The molecule has 0 unspecified atom stereocenters. The molecule has 1 rings (SSSR count). The number of nitrogen functional groups attached to an aromatic ring is 1. The largest absolute Gasteiger partial charge is 0.399 e. The predicted octanol–water partition coefficient (Wildman–Crippen LogP) is 2.70. The molecule has 0 spiro atoms. The van der Waals surface area contributed by atoms with Crippen LogP contribution in [-0.4, -0.2) is 43.5 Å². The van der Waals surface area contributed by atoms with Crippen molar-refractivity contribution in [1.29, 1.82) is 0 Å². The molecule has 2 N–H and O–H groups in total. The Balaban J connectivity index is 2.64. The molecule has 1 aromatic carbocycles. The maximum atomic E-state index is 6.22. The van der Waals surface area contributed by atoms with Crippen molar-refractivity contribution in [1.82, 2.24) is 9.80 Å². The number of nitrogens with zero attached hydrogens (tertiary/aromatic N) is 2. The number of hydrogen-bond donors (Lipinski definition) is 1. The van der Waals surface area contributed by atoms with Gasteiger partial charge in [0.05, 0.1) is 0 Å². The van der Waals surface area contributed by atoms with Gasteiger partial charge in [0.25, 0.3) is 0 Å². The summed E-state index contributed by atoms with van der Waals surface area (Å²) in [6, 6.07) is 5.76. The molecule has 0 fully saturated rings. The van der Waals surface area contributed by atoms with Gasteiger partial charge < -0.3 is 10.6 Å². The van der Waals surface area contributed by atoms with E-state index >= 15 is 0 Å². The number of rotatable bonds is 7. The van der Waals surface area contributed by atoms with E-state index in [2.05, 4.69) is 30.8 Å². The van der Waals surface area contributed by atoms with Crippen LogP contribution in [0.25, 0.3) is 0 Å².